The third-order valence-electron chi connectivity index (χ3n) is 3.39. The van der Waals surface area contributed by atoms with E-state index in [-0.39, 0.29) is 0 Å². The first-order valence-electron chi connectivity index (χ1n) is 5.49. The van der Waals surface area contributed by atoms with Crippen molar-refractivity contribution >= 4 is 30.4 Å². The number of carbonyl (C=O) groups is 1. The van der Waals surface area contributed by atoms with Crippen molar-refractivity contribution in [3.63, 3.8) is 0 Å². The van der Waals surface area contributed by atoms with E-state index >= 15 is 0 Å². The minimum Gasteiger partial charge on any atom is -0.481 e. The first-order chi connectivity index (χ1) is 7.95. The quantitative estimate of drug-likeness (QED) is 0.523. The largest absolute Gasteiger partial charge is 0.481 e. The molecule has 0 saturated carbocycles. The van der Waals surface area contributed by atoms with Gasteiger partial charge in [-0.2, -0.15) is 0 Å². The Morgan fingerprint density at radius 3 is 2.53 bits per heavy atom. The molecule has 2 fully saturated rings. The van der Waals surface area contributed by atoms with Crippen LogP contribution in [0.1, 0.15) is 6.42 Å². The second kappa shape index (κ2) is 4.54. The number of carboxylic acids is 1. The molecular formula is C9H14B2NO4P. The van der Waals surface area contributed by atoms with Crippen LogP contribution in [0, 0.1) is 5.92 Å². The third kappa shape index (κ3) is 1.84. The maximum atomic E-state index is 11.3. The van der Waals surface area contributed by atoms with Gasteiger partial charge >= 0.3 is 5.97 Å². The Bertz CT molecular complexity index is 322. The molecule has 0 aliphatic carbocycles. The summed E-state index contributed by atoms with van der Waals surface area (Å²) in [6, 6.07) is 0. The second-order valence-corrected chi connectivity index (χ2v) is 5.23. The molecule has 90 valence electrons. The van der Waals surface area contributed by atoms with Gasteiger partial charge in [0.25, 0.3) is 0 Å². The molecule has 0 aromatic rings. The highest BCUT2D eigenvalue weighted by atomic mass is 31.1. The number of rotatable bonds is 2. The molecule has 5 nitrogen and oxygen atoms in total. The van der Waals surface area contributed by atoms with E-state index in [1.807, 2.05) is 11.3 Å². The number of hydrogen-bond donors (Lipinski definition) is 1. The zero-order valence-electron chi connectivity index (χ0n) is 9.68. The van der Waals surface area contributed by atoms with Gasteiger partial charge in [-0.25, -0.2) is 0 Å². The monoisotopic (exact) mass is 253 g/mol. The molecule has 0 amide bonds. The minimum absolute atomic E-state index is 0.320. The average molecular weight is 253 g/mol. The summed E-state index contributed by atoms with van der Waals surface area (Å²) in [5, 5.41) is 7.86. The fourth-order valence-electron chi connectivity index (χ4n) is 2.54. The van der Waals surface area contributed by atoms with Gasteiger partial charge in [-0.15, -0.1) is 0 Å². The number of nitrogens with zero attached hydrogens (tertiary/aromatic N) is 1. The Balaban J connectivity index is 2.39. The van der Waals surface area contributed by atoms with Crippen molar-refractivity contribution in [2.45, 2.75) is 17.5 Å². The summed E-state index contributed by atoms with van der Waals surface area (Å²) in [5.41, 5.74) is 0. The molecular weight excluding hydrogens is 239 g/mol. The summed E-state index contributed by atoms with van der Waals surface area (Å²) >= 11 is 0. The molecule has 2 saturated heterocycles. The molecule has 2 aliphatic heterocycles. The van der Waals surface area contributed by atoms with E-state index in [9.17, 15) is 9.90 Å². The van der Waals surface area contributed by atoms with E-state index < -0.39 is 23.0 Å². The second-order valence-electron chi connectivity index (χ2n) is 4.24. The standard InChI is InChI=1S/C9H14B2NO4P/c1-17-12-3-2-6(7(13)14)8(9(12,10)11)15-4-5-16-8/h6,17H,2-5H2,1H3,(H,13,14). The zero-order chi connectivity index (χ0) is 12.7. The summed E-state index contributed by atoms with van der Waals surface area (Å²) in [5.74, 6) is -3.24. The van der Waals surface area contributed by atoms with Gasteiger partial charge in [0.2, 0.25) is 0 Å². The first kappa shape index (κ1) is 13.3. The van der Waals surface area contributed by atoms with E-state index in [0.717, 1.165) is 0 Å². The molecule has 4 radical (unpaired) electrons. The molecule has 2 aliphatic rings. The summed E-state index contributed by atoms with van der Waals surface area (Å²) in [6.07, 6.45) is 0.423. The van der Waals surface area contributed by atoms with Crippen LogP contribution in [0.25, 0.3) is 0 Å². The number of ether oxygens (including phenoxy) is 2. The van der Waals surface area contributed by atoms with Crippen LogP contribution in [-0.2, 0) is 14.3 Å². The van der Waals surface area contributed by atoms with Crippen LogP contribution in [-0.4, -0.2) is 69.0 Å². The average Bonchev–Trinajstić information content (AvgIpc) is 2.72. The van der Waals surface area contributed by atoms with Gasteiger partial charge in [0.1, 0.15) is 5.92 Å². The molecule has 1 spiro atoms. The Hall–Kier alpha value is -0.0901. The summed E-state index contributed by atoms with van der Waals surface area (Å²) < 4.78 is 12.8. The van der Waals surface area contributed by atoms with E-state index in [1.54, 1.807) is 0 Å². The van der Waals surface area contributed by atoms with Gasteiger partial charge < -0.3 is 14.6 Å². The van der Waals surface area contributed by atoms with Crippen LogP contribution >= 0.6 is 8.73 Å². The molecule has 0 aromatic carbocycles. The SMILES string of the molecule is [B]C1([B])N(PC)CCC(C(=O)O)C12OCCO2. The highest BCUT2D eigenvalue weighted by molar-refractivity contribution is 7.34. The molecule has 1 N–H and O–H groups in total. The van der Waals surface area contributed by atoms with Gasteiger partial charge in [0, 0.05) is 11.9 Å². The van der Waals surface area contributed by atoms with Gasteiger partial charge in [0.05, 0.1) is 28.9 Å². The van der Waals surface area contributed by atoms with E-state index in [0.29, 0.717) is 34.9 Å². The maximum Gasteiger partial charge on any atom is 0.312 e. The first-order valence-corrected chi connectivity index (χ1v) is 6.94. The highest BCUT2D eigenvalue weighted by Gasteiger charge is 2.61. The Morgan fingerprint density at radius 1 is 1.47 bits per heavy atom. The van der Waals surface area contributed by atoms with Crippen LogP contribution in [0.15, 0.2) is 0 Å². The fourth-order valence-corrected chi connectivity index (χ4v) is 3.42. The van der Waals surface area contributed by atoms with Crippen molar-refractivity contribution in [1.29, 1.82) is 0 Å². The molecule has 2 heterocycles. The third-order valence-corrected chi connectivity index (χ3v) is 4.52. The van der Waals surface area contributed by atoms with Crippen LogP contribution < -0.4 is 0 Å². The smallest absolute Gasteiger partial charge is 0.312 e. The van der Waals surface area contributed by atoms with Gasteiger partial charge in [-0.1, -0.05) is 8.73 Å². The number of aliphatic carboxylic acids is 1. The lowest BCUT2D eigenvalue weighted by molar-refractivity contribution is -0.239. The van der Waals surface area contributed by atoms with Gasteiger partial charge in [-0.3, -0.25) is 9.46 Å². The predicted octanol–water partition coefficient (Wildman–Crippen LogP) is -0.650. The topological polar surface area (TPSA) is 59.0 Å². The molecule has 2 rings (SSSR count). The van der Waals surface area contributed by atoms with Crippen molar-refractivity contribution in [1.82, 2.24) is 4.67 Å². The lowest BCUT2D eigenvalue weighted by Crippen LogP contribution is -2.71. The Morgan fingerprint density at radius 2 is 2.06 bits per heavy atom. The molecule has 0 bridgehead atoms. The minimum atomic E-state index is -1.43. The summed E-state index contributed by atoms with van der Waals surface area (Å²) in [4.78, 5) is 11.3. The Labute approximate surface area is 105 Å². The number of carboxylic acid groups (broad SMARTS) is 1. The van der Waals surface area contributed by atoms with Crippen molar-refractivity contribution in [2.24, 2.45) is 5.92 Å². The molecule has 0 aromatic heterocycles. The normalized spacial score (nSPS) is 32.4. The molecule has 8 heteroatoms. The van der Waals surface area contributed by atoms with E-state index in [2.05, 4.69) is 0 Å². The molecule has 2 unspecified atom stereocenters. The van der Waals surface area contributed by atoms with Crippen molar-refractivity contribution in [2.75, 3.05) is 26.4 Å². The molecule has 17 heavy (non-hydrogen) atoms. The van der Waals surface area contributed by atoms with Crippen molar-refractivity contribution in [3.05, 3.63) is 0 Å². The van der Waals surface area contributed by atoms with Gasteiger partial charge in [0.15, 0.2) is 5.79 Å². The van der Waals surface area contributed by atoms with E-state index in [4.69, 9.17) is 25.2 Å². The van der Waals surface area contributed by atoms with Crippen molar-refractivity contribution < 1.29 is 19.4 Å². The van der Waals surface area contributed by atoms with E-state index in [1.165, 1.54) is 0 Å². The maximum absolute atomic E-state index is 11.3. The number of hydrogen-bond acceptors (Lipinski definition) is 4. The van der Waals surface area contributed by atoms with Crippen LogP contribution in [0.4, 0.5) is 0 Å². The predicted molar refractivity (Wildman–Crippen MR) is 65.6 cm³/mol. The van der Waals surface area contributed by atoms with Gasteiger partial charge in [-0.05, 0) is 13.1 Å². The number of piperidine rings is 1. The fraction of sp³-hybridized carbons (Fsp3) is 0.889. The van der Waals surface area contributed by atoms with Crippen LogP contribution in [0.2, 0.25) is 0 Å². The Kier molecular flexibility index (Phi) is 3.56. The highest BCUT2D eigenvalue weighted by Crippen LogP contribution is 2.46. The van der Waals surface area contributed by atoms with Crippen molar-refractivity contribution in [3.8, 4) is 0 Å². The molecule has 2 atom stereocenters. The zero-order valence-corrected chi connectivity index (χ0v) is 10.7. The summed E-state index contributed by atoms with van der Waals surface area (Å²) in [7, 11) is 12.6. The lowest BCUT2D eigenvalue weighted by atomic mass is 9.52. The summed E-state index contributed by atoms with van der Waals surface area (Å²) in [6.45, 7) is 3.12. The lowest BCUT2D eigenvalue weighted by Gasteiger charge is -2.55. The van der Waals surface area contributed by atoms with Crippen LogP contribution in [0.5, 0.6) is 0 Å². The van der Waals surface area contributed by atoms with Crippen LogP contribution in [0.3, 0.4) is 0 Å².